The first-order valence-corrected chi connectivity index (χ1v) is 12.0. The van der Waals surface area contributed by atoms with E-state index in [4.69, 9.17) is 14.5 Å². The maximum atomic E-state index is 13.1. The normalized spacial score (nSPS) is 19.0. The van der Waals surface area contributed by atoms with Gasteiger partial charge in [0.15, 0.2) is 5.78 Å². The number of ether oxygens (including phenoxy) is 2. The lowest BCUT2D eigenvalue weighted by Gasteiger charge is -2.26. The Morgan fingerprint density at radius 3 is 2.56 bits per heavy atom. The minimum absolute atomic E-state index is 0.108. The highest BCUT2D eigenvalue weighted by atomic mass is 16.5. The average Bonchev–Trinajstić information content (AvgIpc) is 3.78. The number of rotatable bonds is 9. The molecule has 1 aromatic heterocycles. The van der Waals surface area contributed by atoms with Crippen molar-refractivity contribution in [2.24, 2.45) is 17.8 Å². The molecule has 2 fully saturated rings. The van der Waals surface area contributed by atoms with Crippen molar-refractivity contribution in [2.75, 3.05) is 25.2 Å². The molecular weight excluding hydrogens is 428 g/mol. The van der Waals surface area contributed by atoms with Gasteiger partial charge in [-0.2, -0.15) is 0 Å². The number of benzene rings is 2. The second-order valence-corrected chi connectivity index (χ2v) is 9.31. The van der Waals surface area contributed by atoms with Crippen LogP contribution in [0.2, 0.25) is 0 Å². The summed E-state index contributed by atoms with van der Waals surface area (Å²) in [4.78, 5) is 32.1. The lowest BCUT2D eigenvalue weighted by atomic mass is 10.0. The Morgan fingerprint density at radius 1 is 1.09 bits per heavy atom. The van der Waals surface area contributed by atoms with Crippen molar-refractivity contribution in [1.29, 1.82) is 0 Å². The van der Waals surface area contributed by atoms with E-state index in [0.717, 1.165) is 18.1 Å². The molecule has 2 saturated carbocycles. The van der Waals surface area contributed by atoms with Gasteiger partial charge in [0, 0.05) is 30.1 Å². The highest BCUT2D eigenvalue weighted by Crippen LogP contribution is 2.44. The Labute approximate surface area is 199 Å². The Hall–Kier alpha value is -3.41. The SMILES string of the molecule is CCOC(=O)C1CC1C(=O)c1cnc(N(CC2CC2)c2ccc(C)c3ccccc23)cc1OC. The second-order valence-electron chi connectivity index (χ2n) is 9.31. The molecule has 0 bridgehead atoms. The van der Waals surface area contributed by atoms with E-state index in [1.807, 2.05) is 6.07 Å². The molecule has 0 amide bonds. The average molecular weight is 459 g/mol. The molecule has 2 unspecified atom stereocenters. The number of aromatic nitrogens is 1. The summed E-state index contributed by atoms with van der Waals surface area (Å²) in [5, 5.41) is 2.40. The number of pyridine rings is 1. The van der Waals surface area contributed by atoms with Gasteiger partial charge < -0.3 is 14.4 Å². The number of Topliss-reactive ketones (excluding diaryl/α,β-unsaturated/α-hetero) is 1. The van der Waals surface area contributed by atoms with Crippen LogP contribution in [-0.4, -0.2) is 37.0 Å². The molecule has 0 spiro atoms. The van der Waals surface area contributed by atoms with Crippen molar-refractivity contribution in [3.05, 3.63) is 59.8 Å². The molecule has 176 valence electrons. The molecule has 0 saturated heterocycles. The van der Waals surface area contributed by atoms with Crippen molar-refractivity contribution >= 4 is 34.0 Å². The fraction of sp³-hybridized carbons (Fsp3) is 0.393. The Morgan fingerprint density at radius 2 is 1.85 bits per heavy atom. The number of methoxy groups -OCH3 is 1. The Bertz CT molecular complexity index is 1250. The maximum Gasteiger partial charge on any atom is 0.309 e. The van der Waals surface area contributed by atoms with Gasteiger partial charge in [-0.15, -0.1) is 0 Å². The van der Waals surface area contributed by atoms with Crippen molar-refractivity contribution in [1.82, 2.24) is 4.98 Å². The number of fused-ring (bicyclic) bond motifs is 1. The molecule has 5 rings (SSSR count). The lowest BCUT2D eigenvalue weighted by molar-refractivity contribution is -0.144. The van der Waals surface area contributed by atoms with Crippen LogP contribution in [0.25, 0.3) is 10.8 Å². The Kier molecular flexibility index (Phi) is 5.98. The minimum Gasteiger partial charge on any atom is -0.496 e. The first kappa shape index (κ1) is 22.4. The van der Waals surface area contributed by atoms with Gasteiger partial charge in [-0.25, -0.2) is 4.98 Å². The van der Waals surface area contributed by atoms with Crippen molar-refractivity contribution in [2.45, 2.75) is 33.1 Å². The van der Waals surface area contributed by atoms with Gasteiger partial charge in [0.05, 0.1) is 30.9 Å². The summed E-state index contributed by atoms with van der Waals surface area (Å²) >= 11 is 0. The van der Waals surface area contributed by atoms with Gasteiger partial charge in [-0.1, -0.05) is 30.3 Å². The van der Waals surface area contributed by atoms with Crippen LogP contribution >= 0.6 is 0 Å². The van der Waals surface area contributed by atoms with Crippen molar-refractivity contribution in [3.8, 4) is 5.75 Å². The summed E-state index contributed by atoms with van der Waals surface area (Å²) in [5.74, 6) is 0.751. The van der Waals surface area contributed by atoms with E-state index in [1.165, 1.54) is 29.2 Å². The largest absolute Gasteiger partial charge is 0.496 e. The smallest absolute Gasteiger partial charge is 0.309 e. The molecule has 6 heteroatoms. The predicted octanol–water partition coefficient (Wildman–Crippen LogP) is 5.48. The summed E-state index contributed by atoms with van der Waals surface area (Å²) in [6.07, 6.45) is 4.55. The van der Waals surface area contributed by atoms with Crippen LogP contribution in [0.5, 0.6) is 5.75 Å². The van der Waals surface area contributed by atoms with E-state index in [0.29, 0.717) is 30.3 Å². The zero-order chi connectivity index (χ0) is 23.8. The summed E-state index contributed by atoms with van der Waals surface area (Å²) in [6, 6.07) is 14.6. The van der Waals surface area contributed by atoms with Gasteiger partial charge in [0.25, 0.3) is 0 Å². The minimum atomic E-state index is -0.359. The molecule has 2 aliphatic rings. The highest BCUT2D eigenvalue weighted by molar-refractivity contribution is 6.05. The van der Waals surface area contributed by atoms with E-state index in [9.17, 15) is 9.59 Å². The summed E-state index contributed by atoms with van der Waals surface area (Å²) in [6.45, 7) is 5.08. The predicted molar refractivity (Wildman–Crippen MR) is 132 cm³/mol. The van der Waals surface area contributed by atoms with Crippen LogP contribution in [0.15, 0.2) is 48.7 Å². The zero-order valence-corrected chi connectivity index (χ0v) is 19.9. The first-order chi connectivity index (χ1) is 16.5. The lowest BCUT2D eigenvalue weighted by Crippen LogP contribution is -2.22. The molecule has 0 aliphatic heterocycles. The summed E-state index contributed by atoms with van der Waals surface area (Å²) in [7, 11) is 1.57. The maximum absolute atomic E-state index is 13.1. The van der Waals surface area contributed by atoms with E-state index in [1.54, 1.807) is 20.2 Å². The first-order valence-electron chi connectivity index (χ1n) is 12.0. The van der Waals surface area contributed by atoms with Crippen LogP contribution in [0, 0.1) is 24.7 Å². The molecule has 2 aromatic carbocycles. The third-order valence-electron chi connectivity index (χ3n) is 6.88. The quantitative estimate of drug-likeness (QED) is 0.312. The topological polar surface area (TPSA) is 68.7 Å². The molecular formula is C28H30N2O4. The Balaban J connectivity index is 1.49. The highest BCUT2D eigenvalue weighted by Gasteiger charge is 2.49. The molecule has 2 atom stereocenters. The third-order valence-corrected chi connectivity index (χ3v) is 6.88. The number of hydrogen-bond acceptors (Lipinski definition) is 6. The van der Waals surface area contributed by atoms with Gasteiger partial charge in [0.1, 0.15) is 11.6 Å². The van der Waals surface area contributed by atoms with Crippen molar-refractivity contribution in [3.63, 3.8) is 0 Å². The van der Waals surface area contributed by atoms with E-state index in [-0.39, 0.29) is 23.6 Å². The molecule has 0 N–H and O–H groups in total. The third kappa shape index (κ3) is 4.25. The number of nitrogens with zero attached hydrogens (tertiary/aromatic N) is 2. The number of carbonyl (C=O) groups is 2. The monoisotopic (exact) mass is 458 g/mol. The molecule has 3 aromatic rings. The molecule has 0 radical (unpaired) electrons. The van der Waals surface area contributed by atoms with Gasteiger partial charge in [-0.05, 0) is 56.0 Å². The molecule has 1 heterocycles. The number of aryl methyl sites for hydroxylation is 1. The van der Waals surface area contributed by atoms with E-state index in [2.05, 4.69) is 48.2 Å². The second kappa shape index (κ2) is 9.09. The fourth-order valence-electron chi connectivity index (χ4n) is 4.67. The van der Waals surface area contributed by atoms with Gasteiger partial charge >= 0.3 is 5.97 Å². The van der Waals surface area contributed by atoms with E-state index >= 15 is 0 Å². The number of esters is 1. The van der Waals surface area contributed by atoms with Crippen molar-refractivity contribution < 1.29 is 19.1 Å². The fourth-order valence-corrected chi connectivity index (χ4v) is 4.67. The summed E-state index contributed by atoms with van der Waals surface area (Å²) in [5.41, 5.74) is 2.76. The van der Waals surface area contributed by atoms with Gasteiger partial charge in [-0.3, -0.25) is 9.59 Å². The van der Waals surface area contributed by atoms with Crippen LogP contribution in [0.3, 0.4) is 0 Å². The number of carbonyl (C=O) groups excluding carboxylic acids is 2. The van der Waals surface area contributed by atoms with Crippen LogP contribution in [0.1, 0.15) is 42.1 Å². The van der Waals surface area contributed by atoms with Crippen LogP contribution in [0.4, 0.5) is 11.5 Å². The number of ketones is 1. The molecule has 34 heavy (non-hydrogen) atoms. The standard InChI is InChI=1S/C28H30N2O4/c1-4-34-28(32)22-13-21(22)27(31)23-15-29-26(14-25(23)33-3)30(16-18-10-11-18)24-12-9-17(2)19-7-5-6-8-20(19)24/h5-9,12,14-15,18,21-22H,4,10-11,13,16H2,1-3H3. The van der Waals surface area contributed by atoms with Crippen LogP contribution < -0.4 is 9.64 Å². The summed E-state index contributed by atoms with van der Waals surface area (Å²) < 4.78 is 10.7. The zero-order valence-electron chi connectivity index (χ0n) is 19.9. The number of hydrogen-bond donors (Lipinski definition) is 0. The number of anilines is 2. The van der Waals surface area contributed by atoms with E-state index < -0.39 is 0 Å². The molecule has 6 nitrogen and oxygen atoms in total. The van der Waals surface area contributed by atoms with Gasteiger partial charge in [0.2, 0.25) is 0 Å². The molecule has 2 aliphatic carbocycles. The van der Waals surface area contributed by atoms with Crippen LogP contribution in [-0.2, 0) is 9.53 Å².